The van der Waals surface area contributed by atoms with Gasteiger partial charge in [-0.3, -0.25) is 37.3 Å². The predicted octanol–water partition coefficient (Wildman–Crippen LogP) is 21.7. The SMILES string of the molecule is CCCCCC/C=C\C=C/CCCCCCCC(=O)O[C@H](COC(=O)CCCCCCCCCCCCCCCCC(C)CC)COP(=O)(O)OC[C@@H](O)COP(=O)(O)OC[C@@H](COC(=O)CCCCCCCCC(C)C)OC(=O)CCCCCCCCCCCCC(C)C. The molecule has 0 amide bonds. The zero-order chi connectivity index (χ0) is 70.1. The number of hydrogen-bond acceptors (Lipinski definition) is 15. The normalized spacial score (nSPS) is 14.5. The predicted molar refractivity (Wildman–Crippen MR) is 386 cm³/mol. The van der Waals surface area contributed by atoms with E-state index in [1.165, 1.54) is 154 Å². The average Bonchev–Trinajstić information content (AvgIpc) is 1.78. The third-order valence-corrected chi connectivity index (χ3v) is 19.3. The van der Waals surface area contributed by atoms with Gasteiger partial charge < -0.3 is 33.8 Å². The van der Waals surface area contributed by atoms with Crippen molar-refractivity contribution >= 4 is 39.5 Å². The lowest BCUT2D eigenvalue weighted by atomic mass is 9.99. The summed E-state index contributed by atoms with van der Waals surface area (Å²) >= 11 is 0. The van der Waals surface area contributed by atoms with E-state index in [-0.39, 0.29) is 25.7 Å². The number of rotatable bonds is 72. The van der Waals surface area contributed by atoms with Gasteiger partial charge in [0.15, 0.2) is 12.2 Å². The third-order valence-electron chi connectivity index (χ3n) is 17.4. The average molecular weight is 1390 g/mol. The molecule has 3 unspecified atom stereocenters. The Morgan fingerprint density at radius 1 is 0.347 bits per heavy atom. The van der Waals surface area contributed by atoms with Crippen LogP contribution in [0.3, 0.4) is 0 Å². The Hall–Kier alpha value is -2.46. The summed E-state index contributed by atoms with van der Waals surface area (Å²) in [5.41, 5.74) is 0. The molecule has 0 fully saturated rings. The van der Waals surface area contributed by atoms with Crippen molar-refractivity contribution in [1.29, 1.82) is 0 Å². The third kappa shape index (κ3) is 68.5. The molecular weight excluding hydrogens is 1250 g/mol. The van der Waals surface area contributed by atoms with Gasteiger partial charge in [0.05, 0.1) is 26.4 Å². The maximum absolute atomic E-state index is 13.1. The Kier molecular flexibility index (Phi) is 64.4. The van der Waals surface area contributed by atoms with Crippen molar-refractivity contribution in [2.45, 2.75) is 381 Å². The number of carbonyl (C=O) groups excluding carboxylic acids is 4. The van der Waals surface area contributed by atoms with Crippen molar-refractivity contribution in [3.05, 3.63) is 24.3 Å². The molecule has 0 radical (unpaired) electrons. The van der Waals surface area contributed by atoms with Crippen molar-refractivity contribution in [3.63, 3.8) is 0 Å². The Bertz CT molecular complexity index is 1950. The molecule has 0 aliphatic heterocycles. The van der Waals surface area contributed by atoms with Gasteiger partial charge in [-0.1, -0.05) is 310 Å². The maximum atomic E-state index is 13.1. The highest BCUT2D eigenvalue weighted by Gasteiger charge is 2.30. The number of phosphoric ester groups is 2. The zero-order valence-corrected chi connectivity index (χ0v) is 63.4. The molecular formula is C76H144O17P2. The van der Waals surface area contributed by atoms with E-state index >= 15 is 0 Å². The Labute approximate surface area is 580 Å². The molecule has 0 spiro atoms. The van der Waals surface area contributed by atoms with Crippen LogP contribution in [0.1, 0.15) is 363 Å². The lowest BCUT2D eigenvalue weighted by Crippen LogP contribution is -2.30. The molecule has 17 nitrogen and oxygen atoms in total. The van der Waals surface area contributed by atoms with Gasteiger partial charge in [-0.15, -0.1) is 0 Å². The summed E-state index contributed by atoms with van der Waals surface area (Å²) in [7, 11) is -9.92. The van der Waals surface area contributed by atoms with E-state index in [1.54, 1.807) is 0 Å². The van der Waals surface area contributed by atoms with E-state index in [2.05, 4.69) is 72.8 Å². The van der Waals surface area contributed by atoms with Crippen LogP contribution in [0, 0.1) is 17.8 Å². The summed E-state index contributed by atoms with van der Waals surface area (Å²) in [6.07, 6.45) is 55.0. The van der Waals surface area contributed by atoms with Crippen LogP contribution in [0.2, 0.25) is 0 Å². The Morgan fingerprint density at radius 2 is 0.621 bits per heavy atom. The van der Waals surface area contributed by atoms with Gasteiger partial charge in [0.25, 0.3) is 0 Å². The molecule has 6 atom stereocenters. The molecule has 0 bridgehead atoms. The summed E-state index contributed by atoms with van der Waals surface area (Å²) in [6.45, 7) is 11.8. The van der Waals surface area contributed by atoms with Gasteiger partial charge in [0.2, 0.25) is 0 Å². The monoisotopic (exact) mass is 1390 g/mol. The first kappa shape index (κ1) is 92.5. The molecule has 0 saturated heterocycles. The van der Waals surface area contributed by atoms with Crippen LogP contribution in [-0.4, -0.2) is 96.7 Å². The molecule has 3 N–H and O–H groups in total. The van der Waals surface area contributed by atoms with Gasteiger partial charge in [-0.25, -0.2) is 9.13 Å². The van der Waals surface area contributed by atoms with Crippen LogP contribution in [0.4, 0.5) is 0 Å². The first-order chi connectivity index (χ1) is 45.8. The topological polar surface area (TPSA) is 237 Å². The molecule has 95 heavy (non-hydrogen) atoms. The second-order valence-corrected chi connectivity index (χ2v) is 30.8. The van der Waals surface area contributed by atoms with E-state index in [1.807, 2.05) is 0 Å². The standard InChI is InChI=1S/C76H144O17P2/c1-8-10-11-12-13-14-15-16-17-22-25-31-36-45-52-59-75(80)92-71(63-86-73(78)57-50-43-35-30-24-21-19-18-20-23-29-34-42-49-56-69(7)9-2)65-90-94(82,83)88-61-70(77)62-89-95(84,85)91-66-72(64-87-74(79)58-51-44-39-38-41-48-55-68(5)6)93-76(81)60-53-46-37-32-27-26-28-33-40-47-54-67(3)4/h14-17,67-72,77H,8-13,18-66H2,1-7H3,(H,82,83)(H,84,85)/b15-14-,17-16-/t69?,70-,71-,72-/m1/s1. The largest absolute Gasteiger partial charge is 0.472 e. The minimum atomic E-state index is -4.97. The molecule has 0 aromatic heterocycles. The van der Waals surface area contributed by atoms with Gasteiger partial charge in [-0.05, 0) is 69.1 Å². The fraction of sp³-hybridized carbons (Fsp3) is 0.895. The van der Waals surface area contributed by atoms with Crippen LogP contribution in [0.15, 0.2) is 24.3 Å². The highest BCUT2D eigenvalue weighted by molar-refractivity contribution is 7.47. The van der Waals surface area contributed by atoms with E-state index < -0.39 is 97.5 Å². The maximum Gasteiger partial charge on any atom is 0.472 e. The molecule has 0 saturated carbocycles. The molecule has 0 aliphatic carbocycles. The molecule has 0 aromatic carbocycles. The smallest absolute Gasteiger partial charge is 0.462 e. The second-order valence-electron chi connectivity index (χ2n) is 27.9. The molecule has 0 heterocycles. The first-order valence-electron chi connectivity index (χ1n) is 38.7. The number of aliphatic hydroxyl groups is 1. The van der Waals surface area contributed by atoms with Crippen molar-refractivity contribution in [2.75, 3.05) is 39.6 Å². The lowest BCUT2D eigenvalue weighted by molar-refractivity contribution is -0.161. The van der Waals surface area contributed by atoms with Crippen molar-refractivity contribution < 1.29 is 80.2 Å². The first-order valence-corrected chi connectivity index (χ1v) is 41.7. The summed E-state index contributed by atoms with van der Waals surface area (Å²) in [5, 5.41) is 10.6. The lowest BCUT2D eigenvalue weighted by Gasteiger charge is -2.21. The molecule has 0 rings (SSSR count). The van der Waals surface area contributed by atoms with Crippen molar-refractivity contribution in [1.82, 2.24) is 0 Å². The van der Waals surface area contributed by atoms with Crippen molar-refractivity contribution in [3.8, 4) is 0 Å². The van der Waals surface area contributed by atoms with Gasteiger partial charge in [0, 0.05) is 25.7 Å². The van der Waals surface area contributed by atoms with Gasteiger partial charge in [0.1, 0.15) is 19.3 Å². The number of unbranched alkanes of at least 4 members (excludes halogenated alkanes) is 36. The van der Waals surface area contributed by atoms with Crippen LogP contribution < -0.4 is 0 Å². The van der Waals surface area contributed by atoms with E-state index in [9.17, 15) is 43.2 Å². The number of carbonyl (C=O) groups is 4. The highest BCUT2D eigenvalue weighted by Crippen LogP contribution is 2.45. The number of phosphoric acid groups is 2. The van der Waals surface area contributed by atoms with Gasteiger partial charge >= 0.3 is 39.5 Å². The van der Waals surface area contributed by atoms with Crippen LogP contribution >= 0.6 is 15.6 Å². The van der Waals surface area contributed by atoms with E-state index in [0.29, 0.717) is 31.6 Å². The van der Waals surface area contributed by atoms with Crippen LogP contribution in [-0.2, 0) is 65.4 Å². The Morgan fingerprint density at radius 3 is 0.937 bits per heavy atom. The van der Waals surface area contributed by atoms with Crippen molar-refractivity contribution in [2.24, 2.45) is 17.8 Å². The summed E-state index contributed by atoms with van der Waals surface area (Å²) in [5.74, 6) is 0.125. The molecule has 0 aliphatic rings. The number of esters is 4. The van der Waals surface area contributed by atoms with Gasteiger partial charge in [-0.2, -0.15) is 0 Å². The number of allylic oxidation sites excluding steroid dienone is 4. The number of hydrogen-bond donors (Lipinski definition) is 3. The summed E-state index contributed by atoms with van der Waals surface area (Å²) < 4.78 is 68.4. The fourth-order valence-electron chi connectivity index (χ4n) is 11.0. The second kappa shape index (κ2) is 66.1. The summed E-state index contributed by atoms with van der Waals surface area (Å²) in [4.78, 5) is 72.7. The van der Waals surface area contributed by atoms with Crippen LogP contribution in [0.25, 0.3) is 0 Å². The highest BCUT2D eigenvalue weighted by atomic mass is 31.2. The van der Waals surface area contributed by atoms with E-state index in [4.69, 9.17) is 37.0 Å². The minimum Gasteiger partial charge on any atom is -0.462 e. The van der Waals surface area contributed by atoms with E-state index in [0.717, 1.165) is 121 Å². The quantitative estimate of drug-likeness (QED) is 0.0169. The summed E-state index contributed by atoms with van der Waals surface area (Å²) in [6, 6.07) is 0. The molecule has 0 aromatic rings. The van der Waals surface area contributed by atoms with Crippen LogP contribution in [0.5, 0.6) is 0 Å². The Balaban J connectivity index is 5.27. The molecule has 560 valence electrons. The zero-order valence-electron chi connectivity index (χ0n) is 61.6. The minimum absolute atomic E-state index is 0.0848. The number of ether oxygens (including phenoxy) is 4. The number of aliphatic hydroxyl groups excluding tert-OH is 1. The fourth-order valence-corrected chi connectivity index (χ4v) is 12.6. The molecule has 19 heteroatoms.